The molecule has 0 aromatic carbocycles. The summed E-state index contributed by atoms with van der Waals surface area (Å²) >= 11 is 0. The molecular weight excluding hydrogens is 144 g/mol. The lowest BCUT2D eigenvalue weighted by Gasteiger charge is -2.45. The van der Waals surface area contributed by atoms with Gasteiger partial charge in [0, 0.05) is 26.2 Å². The molecule has 2 fully saturated rings. The summed E-state index contributed by atoms with van der Waals surface area (Å²) in [4.78, 5) is 0. The van der Waals surface area contributed by atoms with Gasteiger partial charge in [0.15, 0.2) is 0 Å². The number of hydrogen-bond acceptors (Lipinski definition) is 5. The third kappa shape index (κ3) is 1.25. The molecule has 0 radical (unpaired) electrons. The summed E-state index contributed by atoms with van der Waals surface area (Å²) < 4.78 is 0. The predicted molar refractivity (Wildman–Crippen MR) is 40.7 cm³/mol. The first-order chi connectivity index (χ1) is 5.31. The highest BCUT2D eigenvalue weighted by Crippen LogP contribution is 2.06. The summed E-state index contributed by atoms with van der Waals surface area (Å²) in [6.45, 7) is 3.37. The first-order valence-electron chi connectivity index (χ1n) is 4.00. The number of nitrogens with one attached hydrogen (secondary N) is 4. The van der Waals surface area contributed by atoms with Crippen LogP contribution in [0.15, 0.2) is 0 Å². The minimum Gasteiger partial charge on any atom is -0.361 e. The molecule has 2 heterocycles. The number of fused-ring (bicyclic) bond motifs is 1. The summed E-state index contributed by atoms with van der Waals surface area (Å²) in [5.74, 6) is -0.948. The molecule has 0 unspecified atom stereocenters. The van der Waals surface area contributed by atoms with Crippen LogP contribution >= 0.6 is 0 Å². The van der Waals surface area contributed by atoms with E-state index in [1.165, 1.54) is 0 Å². The van der Waals surface area contributed by atoms with Gasteiger partial charge in [-0.2, -0.15) is 0 Å². The second-order valence-corrected chi connectivity index (χ2v) is 2.96. The lowest BCUT2D eigenvalue weighted by Crippen LogP contribution is -2.79. The molecule has 11 heavy (non-hydrogen) atoms. The second-order valence-electron chi connectivity index (χ2n) is 2.96. The number of rotatable bonds is 0. The Morgan fingerprint density at radius 3 is 2.00 bits per heavy atom. The van der Waals surface area contributed by atoms with E-state index in [1.807, 2.05) is 0 Å². The Morgan fingerprint density at radius 2 is 1.55 bits per heavy atom. The van der Waals surface area contributed by atoms with Crippen molar-refractivity contribution in [3.8, 4) is 0 Å². The van der Waals surface area contributed by atoms with Crippen LogP contribution in [-0.2, 0) is 0 Å². The molecule has 0 atom stereocenters. The van der Waals surface area contributed by atoms with E-state index in [0.717, 1.165) is 26.2 Å². The molecule has 0 bridgehead atoms. The van der Waals surface area contributed by atoms with Crippen molar-refractivity contribution in [2.45, 2.75) is 12.0 Å². The summed E-state index contributed by atoms with van der Waals surface area (Å²) in [7, 11) is 0. The van der Waals surface area contributed by atoms with Gasteiger partial charge in [0.05, 0.1) is 0 Å². The fraction of sp³-hybridized carbons (Fsp3) is 1.00. The molecule has 5 nitrogen and oxygen atoms in total. The average Bonchev–Trinajstić information content (AvgIpc) is 2.03. The van der Waals surface area contributed by atoms with Crippen molar-refractivity contribution in [2.24, 2.45) is 0 Å². The molecule has 5 N–H and O–H groups in total. The molecule has 0 saturated carbocycles. The van der Waals surface area contributed by atoms with Crippen LogP contribution in [0.2, 0.25) is 0 Å². The summed E-state index contributed by atoms with van der Waals surface area (Å²) in [5.41, 5.74) is 0. The van der Waals surface area contributed by atoms with Gasteiger partial charge in [-0.05, 0) is 0 Å². The molecule has 0 spiro atoms. The molecule has 0 aliphatic carbocycles. The van der Waals surface area contributed by atoms with Crippen molar-refractivity contribution in [3.05, 3.63) is 0 Å². The van der Waals surface area contributed by atoms with E-state index in [2.05, 4.69) is 21.3 Å². The topological polar surface area (TPSA) is 68.3 Å². The molecule has 2 aliphatic heterocycles. The lowest BCUT2D eigenvalue weighted by molar-refractivity contribution is -0.0957. The molecule has 0 amide bonds. The predicted octanol–water partition coefficient (Wildman–Crippen LogP) is -2.66. The van der Waals surface area contributed by atoms with E-state index >= 15 is 0 Å². The Hall–Kier alpha value is -0.200. The maximum atomic E-state index is 9.84. The van der Waals surface area contributed by atoms with Crippen molar-refractivity contribution in [2.75, 3.05) is 26.2 Å². The third-order valence-electron chi connectivity index (χ3n) is 2.15. The molecule has 2 saturated heterocycles. The zero-order valence-electron chi connectivity index (χ0n) is 6.35. The molecule has 5 heteroatoms. The normalized spacial score (nSPS) is 45.0. The Balaban J connectivity index is 2.06. The van der Waals surface area contributed by atoms with Crippen LogP contribution in [0.4, 0.5) is 0 Å². The van der Waals surface area contributed by atoms with E-state index in [-0.39, 0.29) is 6.17 Å². The number of piperazine rings is 2. The summed E-state index contributed by atoms with van der Waals surface area (Å²) in [5, 5.41) is 22.2. The maximum absolute atomic E-state index is 9.84. The van der Waals surface area contributed by atoms with Crippen LogP contribution in [0.25, 0.3) is 0 Å². The zero-order valence-corrected chi connectivity index (χ0v) is 6.35. The van der Waals surface area contributed by atoms with Crippen LogP contribution in [0.3, 0.4) is 0 Å². The quantitative estimate of drug-likeness (QED) is 0.266. The molecule has 2 aliphatic rings. The van der Waals surface area contributed by atoms with E-state index < -0.39 is 5.85 Å². The van der Waals surface area contributed by atoms with Gasteiger partial charge in [-0.25, -0.2) is 0 Å². The van der Waals surface area contributed by atoms with E-state index in [0.29, 0.717) is 0 Å². The van der Waals surface area contributed by atoms with Gasteiger partial charge in [0.2, 0.25) is 5.85 Å². The fourth-order valence-electron chi connectivity index (χ4n) is 1.57. The average molecular weight is 158 g/mol. The third-order valence-corrected chi connectivity index (χ3v) is 2.15. The minimum absolute atomic E-state index is 0.0648. The highest BCUT2D eigenvalue weighted by atomic mass is 16.3. The lowest BCUT2D eigenvalue weighted by atomic mass is 10.2. The Labute approximate surface area is 65.5 Å². The van der Waals surface area contributed by atoms with Gasteiger partial charge in [-0.15, -0.1) is 0 Å². The van der Waals surface area contributed by atoms with Crippen LogP contribution in [-0.4, -0.2) is 43.3 Å². The van der Waals surface area contributed by atoms with Gasteiger partial charge in [-0.3, -0.25) is 21.3 Å². The fourth-order valence-corrected chi connectivity index (χ4v) is 1.57. The van der Waals surface area contributed by atoms with Crippen LogP contribution in [0, 0.1) is 0 Å². The van der Waals surface area contributed by atoms with Gasteiger partial charge in [-0.1, -0.05) is 0 Å². The highest BCUT2D eigenvalue weighted by molar-refractivity contribution is 4.93. The van der Waals surface area contributed by atoms with Crippen molar-refractivity contribution < 1.29 is 5.11 Å². The Morgan fingerprint density at radius 1 is 1.00 bits per heavy atom. The van der Waals surface area contributed by atoms with Gasteiger partial charge >= 0.3 is 0 Å². The molecule has 2 rings (SSSR count). The largest absolute Gasteiger partial charge is 0.361 e. The van der Waals surface area contributed by atoms with Crippen molar-refractivity contribution >= 4 is 0 Å². The van der Waals surface area contributed by atoms with Crippen molar-refractivity contribution in [3.63, 3.8) is 0 Å². The first-order valence-corrected chi connectivity index (χ1v) is 4.00. The van der Waals surface area contributed by atoms with E-state index in [4.69, 9.17) is 0 Å². The zero-order chi connectivity index (χ0) is 7.73. The van der Waals surface area contributed by atoms with E-state index in [9.17, 15) is 5.11 Å². The maximum Gasteiger partial charge on any atom is 0.201 e. The van der Waals surface area contributed by atoms with Crippen molar-refractivity contribution in [1.82, 2.24) is 21.3 Å². The van der Waals surface area contributed by atoms with Gasteiger partial charge in [0.25, 0.3) is 0 Å². The number of hydrogen-bond donors (Lipinski definition) is 5. The highest BCUT2D eigenvalue weighted by Gasteiger charge is 2.40. The van der Waals surface area contributed by atoms with Crippen LogP contribution in [0.5, 0.6) is 0 Å². The SMILES string of the molecule is OC12NCCNC1NCCN2. The smallest absolute Gasteiger partial charge is 0.201 e. The first kappa shape index (κ1) is 7.45. The Bertz CT molecular complexity index is 140. The summed E-state index contributed by atoms with van der Waals surface area (Å²) in [6.07, 6.45) is -0.0648. The molecule has 64 valence electrons. The molecular formula is C6H14N4O. The summed E-state index contributed by atoms with van der Waals surface area (Å²) in [6, 6.07) is 0. The standard InChI is InChI=1S/C6H14N4O/c11-6-5(7-1-3-9-6)8-2-4-10-6/h5,7-11H,1-4H2. The minimum atomic E-state index is -0.948. The second kappa shape index (κ2) is 2.69. The van der Waals surface area contributed by atoms with Crippen LogP contribution in [0.1, 0.15) is 0 Å². The monoisotopic (exact) mass is 158 g/mol. The number of aliphatic hydroxyl groups is 1. The molecule has 0 aromatic rings. The van der Waals surface area contributed by atoms with Crippen molar-refractivity contribution in [1.29, 1.82) is 0 Å². The molecule has 0 aromatic heterocycles. The Kier molecular flexibility index (Phi) is 1.82. The van der Waals surface area contributed by atoms with Gasteiger partial charge < -0.3 is 5.11 Å². The van der Waals surface area contributed by atoms with Gasteiger partial charge in [0.1, 0.15) is 6.17 Å². The van der Waals surface area contributed by atoms with E-state index in [1.54, 1.807) is 0 Å². The van der Waals surface area contributed by atoms with Crippen LogP contribution < -0.4 is 21.3 Å².